The molecule has 6 nitrogen and oxygen atoms in total. The van der Waals surface area contributed by atoms with E-state index in [0.717, 1.165) is 30.6 Å². The Bertz CT molecular complexity index is 1040. The summed E-state index contributed by atoms with van der Waals surface area (Å²) in [6.07, 6.45) is 5.86. The first-order chi connectivity index (χ1) is 13.9. The Morgan fingerprint density at radius 2 is 2.14 bits per heavy atom. The Hall–Kier alpha value is -2.35. The number of nitrogen functional groups attached to an aromatic ring is 1. The zero-order valence-electron chi connectivity index (χ0n) is 15.7. The van der Waals surface area contributed by atoms with E-state index in [9.17, 15) is 4.39 Å². The first-order valence-corrected chi connectivity index (χ1v) is 10.0. The molecule has 0 radical (unpaired) electrons. The summed E-state index contributed by atoms with van der Waals surface area (Å²) in [5.74, 6) is 0.0218. The average Bonchev–Trinajstić information content (AvgIpc) is 3.38. The SMILES string of the molecule is CC(Oc1cc(-c2cnn([C@@H]3CCNC3)c2)cnc1N)c1c(Cl)ccc(F)c1Cl. The van der Waals surface area contributed by atoms with E-state index in [2.05, 4.69) is 15.4 Å². The van der Waals surface area contributed by atoms with Crippen LogP contribution in [0.25, 0.3) is 11.1 Å². The van der Waals surface area contributed by atoms with E-state index in [1.807, 2.05) is 10.9 Å². The Labute approximate surface area is 177 Å². The molecular formula is C20H20Cl2FN5O. The van der Waals surface area contributed by atoms with E-state index >= 15 is 0 Å². The van der Waals surface area contributed by atoms with Gasteiger partial charge in [-0.15, -0.1) is 0 Å². The van der Waals surface area contributed by atoms with Gasteiger partial charge in [-0.1, -0.05) is 23.2 Å². The van der Waals surface area contributed by atoms with Gasteiger partial charge >= 0.3 is 0 Å². The average molecular weight is 436 g/mol. The highest BCUT2D eigenvalue weighted by molar-refractivity contribution is 6.36. The van der Waals surface area contributed by atoms with E-state index in [1.54, 1.807) is 25.4 Å². The van der Waals surface area contributed by atoms with Gasteiger partial charge in [0.2, 0.25) is 0 Å². The van der Waals surface area contributed by atoms with Crippen LogP contribution in [-0.4, -0.2) is 27.9 Å². The van der Waals surface area contributed by atoms with Gasteiger partial charge in [0, 0.05) is 40.7 Å². The molecule has 1 aliphatic rings. The minimum atomic E-state index is -0.627. The monoisotopic (exact) mass is 435 g/mol. The van der Waals surface area contributed by atoms with Gasteiger partial charge < -0.3 is 15.8 Å². The predicted molar refractivity (Wildman–Crippen MR) is 112 cm³/mol. The molecule has 2 atom stereocenters. The van der Waals surface area contributed by atoms with Crippen molar-refractivity contribution in [1.29, 1.82) is 0 Å². The molecule has 4 rings (SSSR count). The highest BCUT2D eigenvalue weighted by Crippen LogP contribution is 2.37. The van der Waals surface area contributed by atoms with E-state index in [0.29, 0.717) is 22.4 Å². The lowest BCUT2D eigenvalue weighted by Crippen LogP contribution is -2.13. The summed E-state index contributed by atoms with van der Waals surface area (Å²) in [6, 6.07) is 4.80. The third-order valence-corrected chi connectivity index (χ3v) is 5.73. The number of pyridine rings is 1. The zero-order chi connectivity index (χ0) is 20.5. The van der Waals surface area contributed by atoms with Crippen molar-refractivity contribution in [2.45, 2.75) is 25.5 Å². The largest absolute Gasteiger partial charge is 0.482 e. The lowest BCUT2D eigenvalue weighted by molar-refractivity contribution is 0.227. The van der Waals surface area contributed by atoms with Crippen molar-refractivity contribution in [2.24, 2.45) is 0 Å². The van der Waals surface area contributed by atoms with Crippen molar-refractivity contribution in [3.05, 3.63) is 58.2 Å². The summed E-state index contributed by atoms with van der Waals surface area (Å²) in [7, 11) is 0. The number of nitrogens with two attached hydrogens (primary N) is 1. The van der Waals surface area contributed by atoms with Gasteiger partial charge in [-0.3, -0.25) is 4.68 Å². The summed E-state index contributed by atoms with van der Waals surface area (Å²) in [4.78, 5) is 4.23. The van der Waals surface area contributed by atoms with Gasteiger partial charge in [0.25, 0.3) is 0 Å². The van der Waals surface area contributed by atoms with E-state index in [1.165, 1.54) is 12.1 Å². The molecule has 3 heterocycles. The van der Waals surface area contributed by atoms with Crippen LogP contribution < -0.4 is 15.8 Å². The van der Waals surface area contributed by atoms with Crippen molar-refractivity contribution < 1.29 is 9.13 Å². The highest BCUT2D eigenvalue weighted by Gasteiger charge is 2.21. The molecule has 152 valence electrons. The van der Waals surface area contributed by atoms with Crippen LogP contribution in [0.15, 0.2) is 36.8 Å². The fourth-order valence-corrected chi connectivity index (χ4v) is 4.10. The van der Waals surface area contributed by atoms with E-state index < -0.39 is 11.9 Å². The third kappa shape index (κ3) is 4.03. The molecule has 9 heteroatoms. The van der Waals surface area contributed by atoms with Gasteiger partial charge in [-0.25, -0.2) is 9.37 Å². The molecule has 0 bridgehead atoms. The highest BCUT2D eigenvalue weighted by atomic mass is 35.5. The quantitative estimate of drug-likeness (QED) is 0.570. The minimum Gasteiger partial charge on any atom is -0.482 e. The summed E-state index contributed by atoms with van der Waals surface area (Å²) in [6.45, 7) is 3.62. The predicted octanol–water partition coefficient (Wildman–Crippen LogP) is 4.65. The standard InChI is InChI=1S/C20H20Cl2FN5O/c1-11(18-15(21)2-3-16(23)19(18)22)29-17-6-12(7-26-20(17)24)13-8-27-28(10-13)14-4-5-25-9-14/h2-3,6-8,10-11,14,25H,4-5,9H2,1H3,(H2,24,26)/t11?,14-/m1/s1. The molecule has 29 heavy (non-hydrogen) atoms. The summed E-state index contributed by atoms with van der Waals surface area (Å²) < 4.78 is 21.8. The second kappa shape index (κ2) is 8.18. The van der Waals surface area contributed by atoms with Gasteiger partial charge in [-0.05, 0) is 38.1 Å². The fraction of sp³-hybridized carbons (Fsp3) is 0.300. The fourth-order valence-electron chi connectivity index (χ4n) is 3.42. The van der Waals surface area contributed by atoms with Crippen LogP contribution in [0.3, 0.4) is 0 Å². The molecule has 0 saturated carbocycles. The van der Waals surface area contributed by atoms with Crippen molar-refractivity contribution >= 4 is 29.0 Å². The normalized spacial score (nSPS) is 17.4. The molecule has 1 fully saturated rings. The van der Waals surface area contributed by atoms with Crippen LogP contribution in [0.4, 0.5) is 10.2 Å². The Kier molecular flexibility index (Phi) is 5.63. The number of nitrogens with one attached hydrogen (secondary N) is 1. The maximum absolute atomic E-state index is 13.9. The summed E-state index contributed by atoms with van der Waals surface area (Å²) in [5.41, 5.74) is 8.08. The van der Waals surface area contributed by atoms with Crippen molar-refractivity contribution in [2.75, 3.05) is 18.8 Å². The number of hydrogen-bond donors (Lipinski definition) is 2. The number of benzene rings is 1. The summed E-state index contributed by atoms with van der Waals surface area (Å²) >= 11 is 12.3. The van der Waals surface area contributed by atoms with Gasteiger partial charge in [0.1, 0.15) is 11.9 Å². The molecular weight excluding hydrogens is 416 g/mol. The molecule has 2 aromatic heterocycles. The second-order valence-corrected chi connectivity index (χ2v) is 7.77. The number of ether oxygens (including phenoxy) is 1. The number of aromatic nitrogens is 3. The van der Waals surface area contributed by atoms with E-state index in [-0.39, 0.29) is 10.8 Å². The first-order valence-electron chi connectivity index (χ1n) is 9.25. The lowest BCUT2D eigenvalue weighted by atomic mass is 10.1. The molecule has 1 unspecified atom stereocenters. The number of anilines is 1. The van der Waals surface area contributed by atoms with Crippen LogP contribution in [0.2, 0.25) is 10.0 Å². The molecule has 0 amide bonds. The Morgan fingerprint density at radius 1 is 1.31 bits per heavy atom. The molecule has 3 aromatic rings. The summed E-state index contributed by atoms with van der Waals surface area (Å²) in [5, 5.41) is 8.04. The van der Waals surface area contributed by atoms with Gasteiger partial charge in [0.15, 0.2) is 11.6 Å². The number of rotatable bonds is 5. The van der Waals surface area contributed by atoms with Gasteiger partial charge in [-0.2, -0.15) is 5.10 Å². The van der Waals surface area contributed by atoms with Crippen molar-refractivity contribution in [1.82, 2.24) is 20.1 Å². The minimum absolute atomic E-state index is 0.0702. The number of halogens is 3. The maximum atomic E-state index is 13.9. The van der Waals surface area contributed by atoms with E-state index in [4.69, 9.17) is 33.7 Å². The lowest BCUT2D eigenvalue weighted by Gasteiger charge is -2.19. The zero-order valence-corrected chi connectivity index (χ0v) is 17.2. The number of nitrogens with zero attached hydrogens (tertiary/aromatic N) is 3. The molecule has 1 aliphatic heterocycles. The molecule has 1 aromatic carbocycles. The van der Waals surface area contributed by atoms with Crippen molar-refractivity contribution in [3.8, 4) is 16.9 Å². The third-order valence-electron chi connectivity index (χ3n) is 5.01. The van der Waals surface area contributed by atoms with Crippen LogP contribution in [0.1, 0.15) is 31.1 Å². The van der Waals surface area contributed by atoms with Crippen LogP contribution >= 0.6 is 23.2 Å². The molecule has 0 spiro atoms. The van der Waals surface area contributed by atoms with Crippen molar-refractivity contribution in [3.63, 3.8) is 0 Å². The van der Waals surface area contributed by atoms with Crippen LogP contribution in [0.5, 0.6) is 5.75 Å². The number of hydrogen-bond acceptors (Lipinski definition) is 5. The van der Waals surface area contributed by atoms with Crippen LogP contribution in [-0.2, 0) is 0 Å². The molecule has 1 saturated heterocycles. The second-order valence-electron chi connectivity index (χ2n) is 6.98. The van der Waals surface area contributed by atoms with Gasteiger partial charge in [0.05, 0.1) is 17.3 Å². The smallest absolute Gasteiger partial charge is 0.166 e. The molecule has 0 aliphatic carbocycles. The molecule has 3 N–H and O–H groups in total. The Balaban J connectivity index is 1.60. The first kappa shape index (κ1) is 19.9. The topological polar surface area (TPSA) is 78.0 Å². The van der Waals surface area contributed by atoms with Crippen LogP contribution in [0, 0.1) is 5.82 Å². The Morgan fingerprint density at radius 3 is 2.90 bits per heavy atom. The maximum Gasteiger partial charge on any atom is 0.166 e.